The number of H-pyrrole nitrogens is 1. The van der Waals surface area contributed by atoms with Gasteiger partial charge in [0.15, 0.2) is 5.82 Å². The highest BCUT2D eigenvalue weighted by Crippen LogP contribution is 2.39. The molecule has 3 aromatic heterocycles. The predicted molar refractivity (Wildman–Crippen MR) is 120 cm³/mol. The third kappa shape index (κ3) is 3.92. The minimum atomic E-state index is 0.633. The van der Waals surface area contributed by atoms with Crippen LogP contribution < -0.4 is 10.6 Å². The van der Waals surface area contributed by atoms with Crippen molar-refractivity contribution in [3.8, 4) is 11.3 Å². The Bertz CT molecular complexity index is 1200. The molecule has 0 unspecified atom stereocenters. The Labute approximate surface area is 180 Å². The molecule has 1 aromatic carbocycles. The smallest absolute Gasteiger partial charge is 0.214 e. The van der Waals surface area contributed by atoms with Gasteiger partial charge in [-0.2, -0.15) is 5.10 Å². The standard InChI is InChI=1S/C23H26N8/c1-2-16(15-30-9-6-24-7-10-30)12-18(3-1)19-14-22-25-8-11-31(22)23(26-19)27-21-13-20(28-29-21)17-4-5-17/h1-3,8,11-14,17,24H,4-7,9-10,15H2,(H2,26,27,28,29). The second-order valence-corrected chi connectivity index (χ2v) is 8.45. The molecular weight excluding hydrogens is 388 g/mol. The van der Waals surface area contributed by atoms with Crippen LogP contribution in [-0.4, -0.2) is 55.6 Å². The number of benzene rings is 1. The molecule has 0 bridgehead atoms. The summed E-state index contributed by atoms with van der Waals surface area (Å²) in [5, 5.41) is 14.4. The first kappa shape index (κ1) is 18.5. The number of aromatic nitrogens is 5. The lowest BCUT2D eigenvalue weighted by Gasteiger charge is -2.27. The number of nitrogens with zero attached hydrogens (tertiary/aromatic N) is 5. The average Bonchev–Trinajstić information content (AvgIpc) is 3.35. The van der Waals surface area contributed by atoms with Gasteiger partial charge in [0.1, 0.15) is 5.65 Å². The second-order valence-electron chi connectivity index (χ2n) is 8.45. The molecule has 0 radical (unpaired) electrons. The first-order valence-electron chi connectivity index (χ1n) is 11.0. The number of hydrogen-bond acceptors (Lipinski definition) is 6. The molecule has 8 nitrogen and oxygen atoms in total. The fourth-order valence-electron chi connectivity index (χ4n) is 4.23. The lowest BCUT2D eigenvalue weighted by atomic mass is 10.1. The Kier molecular flexibility index (Phi) is 4.66. The van der Waals surface area contributed by atoms with Gasteiger partial charge in [-0.3, -0.25) is 14.4 Å². The van der Waals surface area contributed by atoms with E-state index in [-0.39, 0.29) is 0 Å². The third-order valence-corrected chi connectivity index (χ3v) is 6.08. The van der Waals surface area contributed by atoms with Gasteiger partial charge in [-0.15, -0.1) is 0 Å². The van der Waals surface area contributed by atoms with Crippen LogP contribution in [0.5, 0.6) is 0 Å². The van der Waals surface area contributed by atoms with E-state index in [9.17, 15) is 0 Å². The van der Waals surface area contributed by atoms with Crippen molar-refractivity contribution in [3.63, 3.8) is 0 Å². The lowest BCUT2D eigenvalue weighted by Crippen LogP contribution is -2.42. The summed E-state index contributed by atoms with van der Waals surface area (Å²) < 4.78 is 1.96. The summed E-state index contributed by atoms with van der Waals surface area (Å²) in [6.45, 7) is 5.25. The first-order valence-corrected chi connectivity index (χ1v) is 11.0. The number of aromatic amines is 1. The zero-order chi connectivity index (χ0) is 20.6. The molecule has 1 saturated heterocycles. The van der Waals surface area contributed by atoms with Crippen molar-refractivity contribution in [2.75, 3.05) is 31.5 Å². The normalized spacial score (nSPS) is 17.3. The predicted octanol–water partition coefficient (Wildman–Crippen LogP) is 3.15. The number of anilines is 2. The first-order chi connectivity index (χ1) is 15.3. The van der Waals surface area contributed by atoms with Gasteiger partial charge < -0.3 is 10.6 Å². The quantitative estimate of drug-likeness (QED) is 0.449. The summed E-state index contributed by atoms with van der Waals surface area (Å²) in [6.07, 6.45) is 6.20. The van der Waals surface area contributed by atoms with Gasteiger partial charge in [0, 0.05) is 74.4 Å². The number of nitrogens with one attached hydrogen (secondary N) is 3. The molecule has 3 N–H and O–H groups in total. The lowest BCUT2D eigenvalue weighted by molar-refractivity contribution is 0.233. The van der Waals surface area contributed by atoms with E-state index in [2.05, 4.69) is 61.0 Å². The maximum Gasteiger partial charge on any atom is 0.214 e. The summed E-state index contributed by atoms with van der Waals surface area (Å²) >= 11 is 0. The second kappa shape index (κ2) is 7.79. The van der Waals surface area contributed by atoms with Crippen molar-refractivity contribution in [2.45, 2.75) is 25.3 Å². The third-order valence-electron chi connectivity index (χ3n) is 6.08. The zero-order valence-electron chi connectivity index (χ0n) is 17.4. The Morgan fingerprint density at radius 3 is 2.87 bits per heavy atom. The topological polar surface area (TPSA) is 86.2 Å². The van der Waals surface area contributed by atoms with E-state index in [1.165, 1.54) is 24.1 Å². The van der Waals surface area contributed by atoms with E-state index in [1.54, 1.807) is 6.20 Å². The Morgan fingerprint density at radius 2 is 2.00 bits per heavy atom. The van der Waals surface area contributed by atoms with Crippen LogP contribution in [0.15, 0.2) is 48.8 Å². The highest BCUT2D eigenvalue weighted by molar-refractivity contribution is 5.68. The SMILES string of the molecule is c1cc(CN2CCNCC2)cc(-c2cc3nccn3c(Nc3cc(C4CC4)[nH]n3)n2)c1. The fourth-order valence-corrected chi connectivity index (χ4v) is 4.23. The largest absolute Gasteiger partial charge is 0.314 e. The molecule has 31 heavy (non-hydrogen) atoms. The molecule has 0 atom stereocenters. The minimum absolute atomic E-state index is 0.633. The Morgan fingerprint density at radius 1 is 1.10 bits per heavy atom. The number of fused-ring (bicyclic) bond motifs is 1. The van der Waals surface area contributed by atoms with Crippen LogP contribution in [-0.2, 0) is 6.54 Å². The van der Waals surface area contributed by atoms with E-state index < -0.39 is 0 Å². The summed E-state index contributed by atoms with van der Waals surface area (Å²) in [5.41, 5.74) is 5.36. The molecule has 1 aliphatic heterocycles. The van der Waals surface area contributed by atoms with E-state index in [1.807, 2.05) is 16.7 Å². The molecule has 8 heteroatoms. The molecule has 2 fully saturated rings. The Hall–Kier alpha value is -3.23. The molecule has 158 valence electrons. The van der Waals surface area contributed by atoms with Gasteiger partial charge in [-0.05, 0) is 24.5 Å². The van der Waals surface area contributed by atoms with Crippen molar-refractivity contribution < 1.29 is 0 Å². The van der Waals surface area contributed by atoms with Gasteiger partial charge in [0.2, 0.25) is 5.95 Å². The highest BCUT2D eigenvalue weighted by Gasteiger charge is 2.25. The summed E-state index contributed by atoms with van der Waals surface area (Å²) in [7, 11) is 0. The van der Waals surface area contributed by atoms with Gasteiger partial charge in [-0.1, -0.05) is 18.2 Å². The van der Waals surface area contributed by atoms with Crippen molar-refractivity contribution in [1.82, 2.24) is 34.8 Å². The summed E-state index contributed by atoms with van der Waals surface area (Å²) in [5.74, 6) is 2.13. The fraction of sp³-hybridized carbons (Fsp3) is 0.348. The summed E-state index contributed by atoms with van der Waals surface area (Å²) in [4.78, 5) is 11.9. The number of rotatable bonds is 6. The van der Waals surface area contributed by atoms with Crippen molar-refractivity contribution >= 4 is 17.4 Å². The molecular formula is C23H26N8. The van der Waals surface area contributed by atoms with Gasteiger partial charge in [-0.25, -0.2) is 9.97 Å². The zero-order valence-corrected chi connectivity index (χ0v) is 17.4. The van der Waals surface area contributed by atoms with E-state index in [0.717, 1.165) is 55.4 Å². The summed E-state index contributed by atoms with van der Waals surface area (Å²) in [6, 6.07) is 12.8. The maximum atomic E-state index is 4.93. The molecule has 6 rings (SSSR count). The molecule has 0 amide bonds. The number of imidazole rings is 1. The van der Waals surface area contributed by atoms with Crippen LogP contribution in [0.3, 0.4) is 0 Å². The molecule has 4 heterocycles. The van der Waals surface area contributed by atoms with E-state index in [0.29, 0.717) is 11.9 Å². The molecule has 1 saturated carbocycles. The molecule has 4 aromatic rings. The van der Waals surface area contributed by atoms with Crippen LogP contribution in [0.1, 0.15) is 30.0 Å². The average molecular weight is 415 g/mol. The van der Waals surface area contributed by atoms with E-state index >= 15 is 0 Å². The minimum Gasteiger partial charge on any atom is -0.314 e. The van der Waals surface area contributed by atoms with Crippen molar-refractivity contribution in [1.29, 1.82) is 0 Å². The Balaban J connectivity index is 1.30. The van der Waals surface area contributed by atoms with Crippen molar-refractivity contribution in [3.05, 3.63) is 60.0 Å². The molecule has 1 aliphatic carbocycles. The number of piperazine rings is 1. The highest BCUT2D eigenvalue weighted by atomic mass is 15.3. The monoisotopic (exact) mass is 414 g/mol. The number of hydrogen-bond donors (Lipinski definition) is 3. The van der Waals surface area contributed by atoms with Gasteiger partial charge >= 0.3 is 0 Å². The van der Waals surface area contributed by atoms with Crippen LogP contribution in [0, 0.1) is 0 Å². The van der Waals surface area contributed by atoms with Crippen molar-refractivity contribution in [2.24, 2.45) is 0 Å². The van der Waals surface area contributed by atoms with Gasteiger partial charge in [0.25, 0.3) is 0 Å². The van der Waals surface area contributed by atoms with Gasteiger partial charge in [0.05, 0.1) is 5.69 Å². The maximum absolute atomic E-state index is 4.93. The van der Waals surface area contributed by atoms with Crippen LogP contribution in [0.2, 0.25) is 0 Å². The molecule has 0 spiro atoms. The van der Waals surface area contributed by atoms with Crippen LogP contribution >= 0.6 is 0 Å². The van der Waals surface area contributed by atoms with Crippen LogP contribution in [0.25, 0.3) is 16.9 Å². The van der Waals surface area contributed by atoms with E-state index in [4.69, 9.17) is 4.98 Å². The molecule has 2 aliphatic rings. The van der Waals surface area contributed by atoms with Crippen LogP contribution in [0.4, 0.5) is 11.8 Å².